The molecule has 0 aliphatic rings. The van der Waals surface area contributed by atoms with Crippen LogP contribution in [0.15, 0.2) is 15.9 Å². The van der Waals surface area contributed by atoms with Crippen molar-refractivity contribution in [1.82, 2.24) is 4.98 Å². The maximum atomic E-state index is 5.83. The van der Waals surface area contributed by atoms with Crippen molar-refractivity contribution in [3.8, 4) is 9.88 Å². The molecule has 0 aliphatic carbocycles. The zero-order valence-electron chi connectivity index (χ0n) is 11.8. The molecule has 2 radical (unpaired) electrons. The number of aryl methyl sites for hydroxylation is 1. The number of aromatic nitrogens is 1. The van der Waals surface area contributed by atoms with E-state index in [1.807, 2.05) is 6.07 Å². The largest absolute Gasteiger partial charge is 0.234 e. The van der Waals surface area contributed by atoms with Crippen molar-refractivity contribution in [2.24, 2.45) is 0 Å². The molecule has 0 saturated heterocycles. The van der Waals surface area contributed by atoms with Crippen LogP contribution in [0.5, 0.6) is 0 Å². The third-order valence-corrected chi connectivity index (χ3v) is 7.33. The first-order valence-electron chi connectivity index (χ1n) is 7.11. The quantitative estimate of drug-likeness (QED) is 0.381. The van der Waals surface area contributed by atoms with Gasteiger partial charge in [0.1, 0.15) is 16.9 Å². The number of nitrogens with zero attached hydrogens (tertiary/aromatic N) is 1. The third kappa shape index (κ3) is 3.60. The minimum Gasteiger partial charge on any atom is -0.234 e. The SMILES string of the molecule is [B]c1cc2nc(-c3sc(Br)cc3CCCCCC)sc2s1. The molecule has 0 aliphatic heterocycles. The minimum atomic E-state index is 0.849. The molecule has 3 aromatic heterocycles. The number of halogens is 1. The fraction of sp³-hybridized carbons (Fsp3) is 0.400. The summed E-state index contributed by atoms with van der Waals surface area (Å²) in [4.78, 5) is 6.09. The van der Waals surface area contributed by atoms with E-state index in [0.29, 0.717) is 0 Å². The molecule has 0 spiro atoms. The van der Waals surface area contributed by atoms with Gasteiger partial charge in [-0.1, -0.05) is 26.2 Å². The fourth-order valence-corrected chi connectivity index (χ4v) is 6.23. The van der Waals surface area contributed by atoms with Crippen LogP contribution in [-0.4, -0.2) is 12.8 Å². The highest BCUT2D eigenvalue weighted by Gasteiger charge is 2.15. The molecule has 6 heteroatoms. The lowest BCUT2D eigenvalue weighted by atomic mass is 10.1. The molecule has 0 saturated carbocycles. The Kier molecular flexibility index (Phi) is 5.20. The van der Waals surface area contributed by atoms with Crippen LogP contribution in [-0.2, 0) is 6.42 Å². The second-order valence-electron chi connectivity index (χ2n) is 5.06. The molecule has 21 heavy (non-hydrogen) atoms. The summed E-state index contributed by atoms with van der Waals surface area (Å²) in [5.74, 6) is 0. The van der Waals surface area contributed by atoms with Gasteiger partial charge in [-0.15, -0.1) is 34.0 Å². The van der Waals surface area contributed by atoms with Crippen LogP contribution in [0.1, 0.15) is 38.2 Å². The summed E-state index contributed by atoms with van der Waals surface area (Å²) in [6.45, 7) is 2.25. The highest BCUT2D eigenvalue weighted by Crippen LogP contribution is 2.40. The van der Waals surface area contributed by atoms with Gasteiger partial charge in [0.2, 0.25) is 0 Å². The first kappa shape index (κ1) is 15.7. The summed E-state index contributed by atoms with van der Waals surface area (Å²) in [5.41, 5.74) is 2.47. The second-order valence-corrected chi connectivity index (χ2v) is 9.83. The number of hydrogen-bond acceptors (Lipinski definition) is 4. The molecule has 0 N–H and O–H groups in total. The zero-order chi connectivity index (χ0) is 14.8. The van der Waals surface area contributed by atoms with Crippen LogP contribution in [0.4, 0.5) is 0 Å². The maximum Gasteiger partial charge on any atom is 0.135 e. The number of thiophene rings is 2. The standard InChI is InChI=1S/C15H15BBrNS3/c1-2-3-4-5-6-9-7-12(17)20-13(9)14-18-10-8-11(16)19-15(10)21-14/h7-8H,2-6H2,1H3. The van der Waals surface area contributed by atoms with E-state index in [2.05, 4.69) is 28.9 Å². The summed E-state index contributed by atoms with van der Waals surface area (Å²) in [6, 6.07) is 4.24. The Labute approximate surface area is 147 Å². The first-order chi connectivity index (χ1) is 10.2. The van der Waals surface area contributed by atoms with Crippen molar-refractivity contribution in [2.75, 3.05) is 0 Å². The number of hydrogen-bond donors (Lipinski definition) is 0. The van der Waals surface area contributed by atoms with Crippen molar-refractivity contribution >= 4 is 72.1 Å². The molecular formula is C15H15BBrNS3. The smallest absolute Gasteiger partial charge is 0.135 e. The number of rotatable bonds is 6. The van der Waals surface area contributed by atoms with Gasteiger partial charge in [0.25, 0.3) is 0 Å². The Bertz CT molecular complexity index is 712. The molecule has 0 aromatic carbocycles. The van der Waals surface area contributed by atoms with Crippen LogP contribution < -0.4 is 4.78 Å². The van der Waals surface area contributed by atoms with Gasteiger partial charge in [0, 0.05) is 0 Å². The summed E-state index contributed by atoms with van der Waals surface area (Å²) >= 11 is 8.81. The lowest BCUT2D eigenvalue weighted by Gasteiger charge is -2.01. The van der Waals surface area contributed by atoms with Gasteiger partial charge in [0.15, 0.2) is 0 Å². The van der Waals surface area contributed by atoms with E-state index in [0.717, 1.165) is 21.7 Å². The van der Waals surface area contributed by atoms with Gasteiger partial charge in [-0.3, -0.25) is 0 Å². The van der Waals surface area contributed by atoms with E-state index >= 15 is 0 Å². The van der Waals surface area contributed by atoms with Crippen molar-refractivity contribution in [1.29, 1.82) is 0 Å². The molecule has 3 aromatic rings. The van der Waals surface area contributed by atoms with Crippen LogP contribution in [0, 0.1) is 0 Å². The normalized spacial score (nSPS) is 11.5. The van der Waals surface area contributed by atoms with E-state index in [4.69, 9.17) is 12.8 Å². The predicted octanol–water partition coefficient (Wildman–Crippen LogP) is 5.77. The lowest BCUT2D eigenvalue weighted by molar-refractivity contribution is 0.668. The molecule has 0 amide bonds. The molecule has 0 unspecified atom stereocenters. The molecule has 108 valence electrons. The monoisotopic (exact) mass is 395 g/mol. The van der Waals surface area contributed by atoms with E-state index in [1.165, 1.54) is 43.9 Å². The highest BCUT2D eigenvalue weighted by molar-refractivity contribution is 9.11. The van der Waals surface area contributed by atoms with Crippen molar-refractivity contribution in [3.05, 3.63) is 21.5 Å². The van der Waals surface area contributed by atoms with Crippen molar-refractivity contribution < 1.29 is 0 Å². The number of thiazole rings is 1. The van der Waals surface area contributed by atoms with Gasteiger partial charge < -0.3 is 0 Å². The molecule has 1 nitrogen and oxygen atoms in total. The van der Waals surface area contributed by atoms with Crippen LogP contribution in [0.3, 0.4) is 0 Å². The minimum absolute atomic E-state index is 0.849. The average Bonchev–Trinajstić information content (AvgIpc) is 3.07. The third-order valence-electron chi connectivity index (χ3n) is 3.38. The van der Waals surface area contributed by atoms with Gasteiger partial charge >= 0.3 is 0 Å². The topological polar surface area (TPSA) is 12.9 Å². The fourth-order valence-electron chi connectivity index (χ4n) is 2.35. The van der Waals surface area contributed by atoms with E-state index in [1.54, 1.807) is 34.0 Å². The van der Waals surface area contributed by atoms with Crippen molar-refractivity contribution in [2.45, 2.75) is 39.0 Å². The molecule has 3 heterocycles. The van der Waals surface area contributed by atoms with Gasteiger partial charge in [-0.25, -0.2) is 4.98 Å². The lowest BCUT2D eigenvalue weighted by Crippen LogP contribution is -1.90. The van der Waals surface area contributed by atoms with Crippen molar-refractivity contribution in [3.63, 3.8) is 0 Å². The Hall–Kier alpha value is -0.165. The highest BCUT2D eigenvalue weighted by atomic mass is 79.9. The maximum absolute atomic E-state index is 5.83. The molecule has 0 bridgehead atoms. The molecule has 0 fully saturated rings. The van der Waals surface area contributed by atoms with E-state index in [9.17, 15) is 0 Å². The molecule has 0 atom stereocenters. The predicted molar refractivity (Wildman–Crippen MR) is 102 cm³/mol. The Morgan fingerprint density at radius 3 is 2.76 bits per heavy atom. The second kappa shape index (κ2) is 6.94. The van der Waals surface area contributed by atoms with Gasteiger partial charge in [0.05, 0.1) is 14.2 Å². The van der Waals surface area contributed by atoms with Crippen LogP contribution in [0.25, 0.3) is 19.4 Å². The van der Waals surface area contributed by atoms with Gasteiger partial charge in [-0.2, -0.15) is 0 Å². The molecule has 3 rings (SSSR count). The van der Waals surface area contributed by atoms with E-state index < -0.39 is 0 Å². The average molecular weight is 396 g/mol. The first-order valence-corrected chi connectivity index (χ1v) is 10.4. The van der Waals surface area contributed by atoms with Crippen LogP contribution in [0.2, 0.25) is 0 Å². The van der Waals surface area contributed by atoms with Crippen LogP contribution >= 0.6 is 49.9 Å². The Balaban J connectivity index is 1.84. The summed E-state index contributed by atoms with van der Waals surface area (Å²) in [7, 11) is 5.83. The zero-order valence-corrected chi connectivity index (χ0v) is 15.9. The Morgan fingerprint density at radius 1 is 1.14 bits per heavy atom. The molecular weight excluding hydrogens is 381 g/mol. The number of fused-ring (bicyclic) bond motifs is 1. The van der Waals surface area contributed by atoms with Gasteiger partial charge in [-0.05, 0) is 51.2 Å². The number of unbranched alkanes of at least 4 members (excludes halogenated alkanes) is 3. The van der Waals surface area contributed by atoms with E-state index in [-0.39, 0.29) is 0 Å². The summed E-state index contributed by atoms with van der Waals surface area (Å²) in [6.07, 6.45) is 6.33. The Morgan fingerprint density at radius 2 is 2.00 bits per heavy atom. The summed E-state index contributed by atoms with van der Waals surface area (Å²) in [5, 5.41) is 1.14. The summed E-state index contributed by atoms with van der Waals surface area (Å²) < 4.78 is 3.27.